The second kappa shape index (κ2) is 6.47. The third-order valence-corrected chi connectivity index (χ3v) is 3.69. The molecule has 2 rings (SSSR count). The number of benzene rings is 1. The lowest BCUT2D eigenvalue weighted by Gasteiger charge is -2.24. The molecule has 1 unspecified atom stereocenters. The van der Waals surface area contributed by atoms with E-state index < -0.39 is 5.97 Å². The first-order valence-electron chi connectivity index (χ1n) is 6.81. The maximum Gasteiger partial charge on any atom is 0.305 e. The molecule has 1 N–H and O–H groups in total. The molecule has 1 aliphatic rings. The van der Waals surface area contributed by atoms with Crippen LogP contribution in [0.4, 0.5) is 0 Å². The molecule has 0 bridgehead atoms. The number of likely N-dealkylation sites (tertiary alicyclic amines) is 1. The Morgan fingerprint density at radius 3 is 2.71 bits per heavy atom. The molecule has 0 saturated carbocycles. The Balaban J connectivity index is 2.28. The minimum absolute atomic E-state index is 0.0297. The molecule has 6 nitrogen and oxygen atoms in total. The van der Waals surface area contributed by atoms with Crippen LogP contribution in [0.15, 0.2) is 18.2 Å². The monoisotopic (exact) mass is 293 g/mol. The number of carboxylic acids is 1. The van der Waals surface area contributed by atoms with Crippen molar-refractivity contribution in [3.05, 3.63) is 23.8 Å². The normalized spacial score (nSPS) is 17.6. The standard InChI is InChI=1S/C15H19NO5/c1-20-11-5-6-13(21-2)12(9-11)15(19)16-7-3-4-10(16)8-14(17)18/h5-6,9-10H,3-4,7-8H2,1-2H3,(H,17,18). The first-order chi connectivity index (χ1) is 10.1. The Morgan fingerprint density at radius 1 is 1.33 bits per heavy atom. The largest absolute Gasteiger partial charge is 0.497 e. The average molecular weight is 293 g/mol. The van der Waals surface area contributed by atoms with E-state index in [0.717, 1.165) is 6.42 Å². The lowest BCUT2D eigenvalue weighted by molar-refractivity contribution is -0.137. The second-order valence-electron chi connectivity index (χ2n) is 4.96. The molecule has 0 spiro atoms. The number of carboxylic acid groups (broad SMARTS) is 1. The number of aliphatic carboxylic acids is 1. The fourth-order valence-corrected chi connectivity index (χ4v) is 2.65. The van der Waals surface area contributed by atoms with E-state index in [1.165, 1.54) is 14.2 Å². The van der Waals surface area contributed by atoms with Crippen molar-refractivity contribution in [3.63, 3.8) is 0 Å². The third kappa shape index (κ3) is 3.26. The number of ether oxygens (including phenoxy) is 2. The lowest BCUT2D eigenvalue weighted by atomic mass is 10.1. The fourth-order valence-electron chi connectivity index (χ4n) is 2.65. The van der Waals surface area contributed by atoms with E-state index >= 15 is 0 Å². The summed E-state index contributed by atoms with van der Waals surface area (Å²) < 4.78 is 10.4. The van der Waals surface area contributed by atoms with Crippen molar-refractivity contribution in [2.45, 2.75) is 25.3 Å². The van der Waals surface area contributed by atoms with Crippen molar-refractivity contribution in [1.82, 2.24) is 4.90 Å². The molecule has 6 heteroatoms. The first-order valence-corrected chi connectivity index (χ1v) is 6.81. The molecule has 0 aliphatic carbocycles. The molecule has 114 valence electrons. The van der Waals surface area contributed by atoms with Crippen LogP contribution in [0.1, 0.15) is 29.6 Å². The summed E-state index contributed by atoms with van der Waals surface area (Å²) >= 11 is 0. The summed E-state index contributed by atoms with van der Waals surface area (Å²) in [6, 6.07) is 4.76. The smallest absolute Gasteiger partial charge is 0.305 e. The van der Waals surface area contributed by atoms with Gasteiger partial charge in [0.2, 0.25) is 0 Å². The van der Waals surface area contributed by atoms with E-state index in [-0.39, 0.29) is 18.4 Å². The minimum atomic E-state index is -0.891. The van der Waals surface area contributed by atoms with Crippen molar-refractivity contribution >= 4 is 11.9 Å². The van der Waals surface area contributed by atoms with Crippen LogP contribution >= 0.6 is 0 Å². The van der Waals surface area contributed by atoms with Gasteiger partial charge in [0.15, 0.2) is 0 Å². The zero-order chi connectivity index (χ0) is 15.4. The zero-order valence-corrected chi connectivity index (χ0v) is 12.2. The van der Waals surface area contributed by atoms with Gasteiger partial charge in [0, 0.05) is 12.6 Å². The van der Waals surface area contributed by atoms with Crippen molar-refractivity contribution in [3.8, 4) is 11.5 Å². The Bertz CT molecular complexity index is 543. The van der Waals surface area contributed by atoms with E-state index in [1.54, 1.807) is 23.1 Å². The van der Waals surface area contributed by atoms with Crippen LogP contribution < -0.4 is 9.47 Å². The number of nitrogens with zero attached hydrogens (tertiary/aromatic N) is 1. The van der Waals surface area contributed by atoms with E-state index in [2.05, 4.69) is 0 Å². The summed E-state index contributed by atoms with van der Waals surface area (Å²) in [6.45, 7) is 0.567. The maximum absolute atomic E-state index is 12.7. The molecule has 1 aromatic carbocycles. The van der Waals surface area contributed by atoms with Crippen molar-refractivity contribution < 1.29 is 24.2 Å². The summed E-state index contributed by atoms with van der Waals surface area (Å²) in [6.07, 6.45) is 1.50. The number of hydrogen-bond acceptors (Lipinski definition) is 4. The molecular formula is C15H19NO5. The lowest BCUT2D eigenvalue weighted by Crippen LogP contribution is -2.37. The second-order valence-corrected chi connectivity index (χ2v) is 4.96. The van der Waals surface area contributed by atoms with Crippen molar-refractivity contribution in [2.75, 3.05) is 20.8 Å². The van der Waals surface area contributed by atoms with Gasteiger partial charge in [0.05, 0.1) is 26.2 Å². The summed E-state index contributed by atoms with van der Waals surface area (Å²) in [5.74, 6) is -0.0817. The molecule has 1 fully saturated rings. The van der Waals surface area contributed by atoms with Gasteiger partial charge in [-0.25, -0.2) is 0 Å². The molecule has 1 saturated heterocycles. The number of hydrogen-bond donors (Lipinski definition) is 1. The molecule has 1 amide bonds. The molecule has 0 radical (unpaired) electrons. The summed E-state index contributed by atoms with van der Waals surface area (Å²) in [5, 5.41) is 8.94. The highest BCUT2D eigenvalue weighted by Gasteiger charge is 2.32. The Labute approximate surface area is 123 Å². The Kier molecular flexibility index (Phi) is 4.67. The molecule has 0 aromatic heterocycles. The molecule has 1 aliphatic heterocycles. The van der Waals surface area contributed by atoms with Crippen LogP contribution in [-0.2, 0) is 4.79 Å². The molecule has 1 atom stereocenters. The molecule has 1 heterocycles. The molecule has 21 heavy (non-hydrogen) atoms. The predicted octanol–water partition coefficient (Wildman–Crippen LogP) is 1.78. The highest BCUT2D eigenvalue weighted by atomic mass is 16.5. The van der Waals surface area contributed by atoms with Crippen LogP contribution in [0.3, 0.4) is 0 Å². The van der Waals surface area contributed by atoms with E-state index in [1.807, 2.05) is 0 Å². The number of carbonyl (C=O) groups excluding carboxylic acids is 1. The maximum atomic E-state index is 12.7. The summed E-state index contributed by atoms with van der Waals surface area (Å²) in [7, 11) is 3.02. The van der Waals surface area contributed by atoms with Gasteiger partial charge in [0.25, 0.3) is 5.91 Å². The van der Waals surface area contributed by atoms with Gasteiger partial charge in [-0.05, 0) is 31.0 Å². The highest BCUT2D eigenvalue weighted by molar-refractivity contribution is 5.98. The van der Waals surface area contributed by atoms with Gasteiger partial charge in [-0.3, -0.25) is 9.59 Å². The topological polar surface area (TPSA) is 76.1 Å². The number of methoxy groups -OCH3 is 2. The van der Waals surface area contributed by atoms with E-state index in [9.17, 15) is 9.59 Å². The third-order valence-electron chi connectivity index (χ3n) is 3.69. The van der Waals surface area contributed by atoms with Crippen molar-refractivity contribution in [1.29, 1.82) is 0 Å². The fraction of sp³-hybridized carbons (Fsp3) is 0.467. The SMILES string of the molecule is COc1ccc(OC)c(C(=O)N2CCCC2CC(=O)O)c1. The van der Waals surface area contributed by atoms with Gasteiger partial charge in [-0.2, -0.15) is 0 Å². The zero-order valence-electron chi connectivity index (χ0n) is 12.2. The van der Waals surface area contributed by atoms with Gasteiger partial charge in [0.1, 0.15) is 11.5 Å². The Hall–Kier alpha value is -2.24. The number of carbonyl (C=O) groups is 2. The van der Waals surface area contributed by atoms with Crippen LogP contribution in [0.25, 0.3) is 0 Å². The van der Waals surface area contributed by atoms with Crippen LogP contribution in [-0.4, -0.2) is 48.7 Å². The molecular weight excluding hydrogens is 274 g/mol. The predicted molar refractivity (Wildman–Crippen MR) is 75.9 cm³/mol. The van der Waals surface area contributed by atoms with Crippen LogP contribution in [0, 0.1) is 0 Å². The first kappa shape index (κ1) is 15.2. The Morgan fingerprint density at radius 2 is 2.10 bits per heavy atom. The van der Waals surface area contributed by atoms with Gasteiger partial charge in [-0.15, -0.1) is 0 Å². The van der Waals surface area contributed by atoms with Gasteiger partial charge >= 0.3 is 5.97 Å². The number of rotatable bonds is 5. The van der Waals surface area contributed by atoms with Gasteiger partial charge < -0.3 is 19.5 Å². The summed E-state index contributed by atoms with van der Waals surface area (Å²) in [4.78, 5) is 25.2. The van der Waals surface area contributed by atoms with Gasteiger partial charge in [-0.1, -0.05) is 0 Å². The quantitative estimate of drug-likeness (QED) is 0.895. The average Bonchev–Trinajstić information content (AvgIpc) is 2.93. The molecule has 1 aromatic rings. The van der Waals surface area contributed by atoms with Crippen molar-refractivity contribution in [2.24, 2.45) is 0 Å². The summed E-state index contributed by atoms with van der Waals surface area (Å²) in [5.41, 5.74) is 0.397. The van der Waals surface area contributed by atoms with Crippen LogP contribution in [0.5, 0.6) is 11.5 Å². The van der Waals surface area contributed by atoms with E-state index in [0.29, 0.717) is 30.0 Å². The highest BCUT2D eigenvalue weighted by Crippen LogP contribution is 2.29. The minimum Gasteiger partial charge on any atom is -0.497 e. The van der Waals surface area contributed by atoms with E-state index in [4.69, 9.17) is 14.6 Å². The number of amides is 1. The van der Waals surface area contributed by atoms with Crippen LogP contribution in [0.2, 0.25) is 0 Å².